The molecule has 0 amide bonds. The van der Waals surface area contributed by atoms with Crippen molar-refractivity contribution in [2.45, 2.75) is 38.6 Å². The van der Waals surface area contributed by atoms with E-state index in [9.17, 15) is 0 Å². The maximum absolute atomic E-state index is 4.49. The van der Waals surface area contributed by atoms with Gasteiger partial charge in [-0.05, 0) is 25.7 Å². The molecule has 1 N–H and O–H groups in total. The molecule has 1 saturated carbocycles. The fourth-order valence-electron chi connectivity index (χ4n) is 2.91. The highest BCUT2D eigenvalue weighted by Crippen LogP contribution is 2.38. The quantitative estimate of drug-likeness (QED) is 0.682. The van der Waals surface area contributed by atoms with E-state index >= 15 is 0 Å². The van der Waals surface area contributed by atoms with Gasteiger partial charge in [-0.25, -0.2) is 4.98 Å². The molecule has 1 aliphatic heterocycles. The zero-order chi connectivity index (χ0) is 9.54. The number of aryl methyl sites for hydroxylation is 1. The normalized spacial score (nSPS) is 30.4. The minimum absolute atomic E-state index is 0.723. The van der Waals surface area contributed by atoms with Gasteiger partial charge in [0.05, 0.1) is 5.69 Å². The van der Waals surface area contributed by atoms with E-state index in [0.717, 1.165) is 30.1 Å². The molecule has 3 nitrogen and oxygen atoms in total. The molecule has 0 spiro atoms. The van der Waals surface area contributed by atoms with Gasteiger partial charge in [-0.2, -0.15) is 0 Å². The minimum Gasteiger partial charge on any atom is -0.355 e. The van der Waals surface area contributed by atoms with E-state index in [4.69, 9.17) is 0 Å². The van der Waals surface area contributed by atoms with E-state index < -0.39 is 0 Å². The summed E-state index contributed by atoms with van der Waals surface area (Å²) in [7, 11) is 0. The first kappa shape index (κ1) is 8.33. The Morgan fingerprint density at radius 1 is 1.43 bits per heavy atom. The highest BCUT2D eigenvalue weighted by molar-refractivity contribution is 5.32. The Morgan fingerprint density at radius 3 is 3.21 bits per heavy atom. The van der Waals surface area contributed by atoms with Crippen molar-refractivity contribution in [1.82, 2.24) is 9.55 Å². The molecule has 2 atom stereocenters. The van der Waals surface area contributed by atoms with Crippen molar-refractivity contribution in [3.05, 3.63) is 11.9 Å². The second kappa shape index (κ2) is 3.01. The van der Waals surface area contributed by atoms with E-state index in [0.29, 0.717) is 0 Å². The second-order valence-corrected chi connectivity index (χ2v) is 4.61. The Balaban J connectivity index is 1.98. The van der Waals surface area contributed by atoms with Crippen molar-refractivity contribution in [3.8, 4) is 0 Å². The van der Waals surface area contributed by atoms with E-state index in [-0.39, 0.29) is 0 Å². The summed E-state index contributed by atoms with van der Waals surface area (Å²) in [5.41, 5.74) is 1.14. The van der Waals surface area contributed by atoms with Gasteiger partial charge in [0.15, 0.2) is 0 Å². The minimum atomic E-state index is 0.723. The van der Waals surface area contributed by atoms with Crippen LogP contribution in [0.2, 0.25) is 0 Å². The topological polar surface area (TPSA) is 29.9 Å². The summed E-state index contributed by atoms with van der Waals surface area (Å²) in [5.74, 6) is 1.93. The van der Waals surface area contributed by atoms with Crippen molar-refractivity contribution in [3.63, 3.8) is 0 Å². The molecular formula is C11H17N3. The van der Waals surface area contributed by atoms with Gasteiger partial charge in [-0.3, -0.25) is 0 Å². The van der Waals surface area contributed by atoms with Crippen LogP contribution in [0.3, 0.4) is 0 Å². The number of hydrogen-bond donors (Lipinski definition) is 1. The van der Waals surface area contributed by atoms with E-state index in [1.165, 1.54) is 25.7 Å². The molecule has 1 aromatic rings. The van der Waals surface area contributed by atoms with Crippen molar-refractivity contribution >= 4 is 5.95 Å². The molecule has 2 heterocycles. The number of nitrogens with zero attached hydrogens (tertiary/aromatic N) is 2. The van der Waals surface area contributed by atoms with E-state index in [1.54, 1.807) is 0 Å². The van der Waals surface area contributed by atoms with Crippen molar-refractivity contribution in [2.75, 3.05) is 11.9 Å². The number of imidazole rings is 1. The predicted molar refractivity (Wildman–Crippen MR) is 56.4 cm³/mol. The van der Waals surface area contributed by atoms with Crippen LogP contribution < -0.4 is 5.32 Å². The Bertz CT molecular complexity index is 342. The average molecular weight is 191 g/mol. The fourth-order valence-corrected chi connectivity index (χ4v) is 2.91. The number of fused-ring (bicyclic) bond motifs is 3. The molecule has 3 heteroatoms. The Kier molecular flexibility index (Phi) is 1.79. The molecule has 0 aromatic carbocycles. The third-order valence-corrected chi connectivity index (χ3v) is 3.60. The first-order valence-corrected chi connectivity index (χ1v) is 5.64. The largest absolute Gasteiger partial charge is 0.355 e. The summed E-state index contributed by atoms with van der Waals surface area (Å²) in [6, 6.07) is 0.723. The molecule has 1 aromatic heterocycles. The Morgan fingerprint density at radius 2 is 2.29 bits per heavy atom. The third-order valence-electron chi connectivity index (χ3n) is 3.60. The van der Waals surface area contributed by atoms with Gasteiger partial charge < -0.3 is 9.88 Å². The molecule has 0 bridgehead atoms. The second-order valence-electron chi connectivity index (χ2n) is 4.61. The molecule has 0 radical (unpaired) electrons. The summed E-state index contributed by atoms with van der Waals surface area (Å²) >= 11 is 0. The molecule has 2 aliphatic rings. The molecule has 76 valence electrons. The van der Waals surface area contributed by atoms with Gasteiger partial charge >= 0.3 is 0 Å². The highest BCUT2D eigenvalue weighted by atomic mass is 15.2. The van der Waals surface area contributed by atoms with Crippen LogP contribution in [0.4, 0.5) is 5.95 Å². The smallest absolute Gasteiger partial charge is 0.203 e. The summed E-state index contributed by atoms with van der Waals surface area (Å²) in [6.45, 7) is 3.20. The zero-order valence-electron chi connectivity index (χ0n) is 8.66. The van der Waals surface area contributed by atoms with E-state index in [1.807, 2.05) is 0 Å². The zero-order valence-corrected chi connectivity index (χ0v) is 8.66. The van der Waals surface area contributed by atoms with E-state index in [2.05, 4.69) is 28.0 Å². The summed E-state index contributed by atoms with van der Waals surface area (Å²) < 4.78 is 2.36. The van der Waals surface area contributed by atoms with Crippen LogP contribution in [-0.2, 0) is 0 Å². The Hall–Kier alpha value is -0.990. The summed E-state index contributed by atoms with van der Waals surface area (Å²) in [5, 5.41) is 3.43. The monoisotopic (exact) mass is 191 g/mol. The molecule has 1 fully saturated rings. The van der Waals surface area contributed by atoms with Crippen LogP contribution in [0, 0.1) is 12.8 Å². The molecule has 0 saturated heterocycles. The number of rotatable bonds is 0. The lowest BCUT2D eigenvalue weighted by atomic mass is 9.83. The average Bonchev–Trinajstić information content (AvgIpc) is 2.59. The number of anilines is 1. The number of aromatic nitrogens is 2. The molecule has 2 unspecified atom stereocenters. The SMILES string of the molecule is Cc1cn2c(n1)NCC1CCCCC12. The van der Waals surface area contributed by atoms with Gasteiger partial charge in [0.25, 0.3) is 0 Å². The number of hydrogen-bond acceptors (Lipinski definition) is 2. The van der Waals surface area contributed by atoms with Crippen LogP contribution in [0.25, 0.3) is 0 Å². The van der Waals surface area contributed by atoms with Crippen LogP contribution in [0.5, 0.6) is 0 Å². The van der Waals surface area contributed by atoms with Gasteiger partial charge in [0, 0.05) is 18.8 Å². The standard InChI is InChI=1S/C11H17N3/c1-8-7-14-10-5-3-2-4-9(10)6-12-11(14)13-8/h7,9-10H,2-6H2,1H3,(H,12,13). The van der Waals surface area contributed by atoms with Crippen LogP contribution in [0.15, 0.2) is 6.20 Å². The highest BCUT2D eigenvalue weighted by Gasteiger charge is 2.31. The fraction of sp³-hybridized carbons (Fsp3) is 0.727. The van der Waals surface area contributed by atoms with Gasteiger partial charge in [0.2, 0.25) is 5.95 Å². The molecule has 1 aliphatic carbocycles. The molecular weight excluding hydrogens is 174 g/mol. The van der Waals surface area contributed by atoms with Crippen LogP contribution >= 0.6 is 0 Å². The van der Waals surface area contributed by atoms with Gasteiger partial charge in [0.1, 0.15) is 0 Å². The third kappa shape index (κ3) is 1.15. The summed E-state index contributed by atoms with van der Waals surface area (Å²) in [4.78, 5) is 4.49. The number of nitrogens with one attached hydrogen (secondary N) is 1. The lowest BCUT2D eigenvalue weighted by Gasteiger charge is -2.37. The van der Waals surface area contributed by atoms with Crippen LogP contribution in [0.1, 0.15) is 37.4 Å². The molecule has 3 rings (SSSR count). The van der Waals surface area contributed by atoms with Crippen LogP contribution in [-0.4, -0.2) is 16.1 Å². The van der Waals surface area contributed by atoms with Crippen molar-refractivity contribution < 1.29 is 0 Å². The lowest BCUT2D eigenvalue weighted by Crippen LogP contribution is -2.34. The maximum atomic E-state index is 4.49. The Labute approximate surface area is 84.5 Å². The van der Waals surface area contributed by atoms with Gasteiger partial charge in [-0.1, -0.05) is 12.8 Å². The first-order valence-electron chi connectivity index (χ1n) is 5.64. The summed E-state index contributed by atoms with van der Waals surface area (Å²) in [6.07, 6.45) is 7.72. The first-order chi connectivity index (χ1) is 6.84. The van der Waals surface area contributed by atoms with Crippen molar-refractivity contribution in [1.29, 1.82) is 0 Å². The maximum Gasteiger partial charge on any atom is 0.203 e. The lowest BCUT2D eigenvalue weighted by molar-refractivity contribution is 0.238. The van der Waals surface area contributed by atoms with Gasteiger partial charge in [-0.15, -0.1) is 0 Å². The molecule has 14 heavy (non-hydrogen) atoms. The predicted octanol–water partition coefficient (Wildman–Crippen LogP) is 2.35. The van der Waals surface area contributed by atoms with Crippen molar-refractivity contribution in [2.24, 2.45) is 5.92 Å².